The summed E-state index contributed by atoms with van der Waals surface area (Å²) in [6.45, 7) is 8.15. The number of aliphatic hydroxyl groups is 1. The fourth-order valence-electron chi connectivity index (χ4n) is 1.50. The average molecular weight is 230 g/mol. The standard InChI is InChI=1S/C12H26N2O2/c1-5-12(16,6-2)8-14-11(15)10(13)7-9(3)4/h9-10,16H,5-8,13H2,1-4H3,(H,14,15). The highest BCUT2D eigenvalue weighted by molar-refractivity contribution is 5.81. The second-order valence-corrected chi connectivity index (χ2v) is 4.89. The lowest BCUT2D eigenvalue weighted by atomic mass is 9.97. The van der Waals surface area contributed by atoms with Gasteiger partial charge in [0.25, 0.3) is 0 Å². The van der Waals surface area contributed by atoms with E-state index >= 15 is 0 Å². The van der Waals surface area contributed by atoms with E-state index in [9.17, 15) is 9.90 Å². The molecular weight excluding hydrogens is 204 g/mol. The molecule has 1 amide bonds. The molecule has 0 aromatic carbocycles. The van der Waals surface area contributed by atoms with Crippen molar-refractivity contribution in [1.29, 1.82) is 0 Å². The molecule has 1 unspecified atom stereocenters. The van der Waals surface area contributed by atoms with Crippen molar-refractivity contribution < 1.29 is 9.90 Å². The van der Waals surface area contributed by atoms with E-state index in [0.717, 1.165) is 0 Å². The van der Waals surface area contributed by atoms with Crippen LogP contribution in [0.2, 0.25) is 0 Å². The minimum Gasteiger partial charge on any atom is -0.388 e. The summed E-state index contributed by atoms with van der Waals surface area (Å²) in [6.07, 6.45) is 1.93. The molecule has 0 bridgehead atoms. The molecule has 0 spiro atoms. The second-order valence-electron chi connectivity index (χ2n) is 4.89. The first-order valence-corrected chi connectivity index (χ1v) is 6.10. The molecule has 0 aromatic heterocycles. The summed E-state index contributed by atoms with van der Waals surface area (Å²) in [6, 6.07) is -0.474. The van der Waals surface area contributed by atoms with Crippen molar-refractivity contribution in [2.24, 2.45) is 11.7 Å². The largest absolute Gasteiger partial charge is 0.388 e. The van der Waals surface area contributed by atoms with Gasteiger partial charge >= 0.3 is 0 Å². The Hall–Kier alpha value is -0.610. The lowest BCUT2D eigenvalue weighted by Crippen LogP contribution is -2.48. The minimum atomic E-state index is -0.798. The van der Waals surface area contributed by atoms with E-state index < -0.39 is 11.6 Å². The maximum absolute atomic E-state index is 11.6. The maximum atomic E-state index is 11.6. The van der Waals surface area contributed by atoms with Crippen molar-refractivity contribution in [1.82, 2.24) is 5.32 Å². The number of rotatable bonds is 7. The SMILES string of the molecule is CCC(O)(CC)CNC(=O)C(N)CC(C)C. The zero-order chi connectivity index (χ0) is 12.8. The van der Waals surface area contributed by atoms with Gasteiger partial charge in [0.2, 0.25) is 5.91 Å². The smallest absolute Gasteiger partial charge is 0.237 e. The first-order valence-electron chi connectivity index (χ1n) is 6.10. The van der Waals surface area contributed by atoms with Crippen LogP contribution in [0.3, 0.4) is 0 Å². The van der Waals surface area contributed by atoms with E-state index in [4.69, 9.17) is 5.73 Å². The van der Waals surface area contributed by atoms with Gasteiger partial charge in [-0.05, 0) is 25.2 Å². The Bertz CT molecular complexity index is 213. The summed E-state index contributed by atoms with van der Waals surface area (Å²) in [4.78, 5) is 11.6. The van der Waals surface area contributed by atoms with Crippen molar-refractivity contribution in [3.8, 4) is 0 Å². The summed E-state index contributed by atoms with van der Waals surface area (Å²) >= 11 is 0. The van der Waals surface area contributed by atoms with E-state index in [-0.39, 0.29) is 12.5 Å². The quantitative estimate of drug-likeness (QED) is 0.611. The van der Waals surface area contributed by atoms with Crippen LogP contribution in [-0.2, 0) is 4.79 Å². The van der Waals surface area contributed by atoms with Crippen LogP contribution in [0.25, 0.3) is 0 Å². The van der Waals surface area contributed by atoms with Crippen molar-refractivity contribution >= 4 is 5.91 Å². The van der Waals surface area contributed by atoms with Crippen LogP contribution >= 0.6 is 0 Å². The highest BCUT2D eigenvalue weighted by Crippen LogP contribution is 2.13. The monoisotopic (exact) mass is 230 g/mol. The molecule has 4 heteroatoms. The van der Waals surface area contributed by atoms with Crippen LogP contribution < -0.4 is 11.1 Å². The topological polar surface area (TPSA) is 75.3 Å². The Balaban J connectivity index is 4.06. The molecule has 0 aromatic rings. The van der Waals surface area contributed by atoms with Crippen LogP contribution in [0.4, 0.5) is 0 Å². The third-order valence-electron chi connectivity index (χ3n) is 2.97. The third kappa shape index (κ3) is 5.47. The predicted octanol–water partition coefficient (Wildman–Crippen LogP) is 1.03. The predicted molar refractivity (Wildman–Crippen MR) is 66.0 cm³/mol. The molecule has 96 valence electrons. The van der Waals surface area contributed by atoms with Crippen LogP contribution in [0.5, 0.6) is 0 Å². The van der Waals surface area contributed by atoms with E-state index in [0.29, 0.717) is 25.2 Å². The normalized spacial score (nSPS) is 13.9. The lowest BCUT2D eigenvalue weighted by Gasteiger charge is -2.26. The van der Waals surface area contributed by atoms with Crippen molar-refractivity contribution in [2.75, 3.05) is 6.54 Å². The van der Waals surface area contributed by atoms with Crippen LogP contribution in [-0.4, -0.2) is 29.2 Å². The molecule has 0 heterocycles. The summed E-state index contributed by atoms with van der Waals surface area (Å²) < 4.78 is 0. The molecule has 4 nitrogen and oxygen atoms in total. The van der Waals surface area contributed by atoms with Crippen molar-refractivity contribution in [2.45, 2.75) is 58.6 Å². The molecular formula is C12H26N2O2. The summed E-state index contributed by atoms with van der Waals surface area (Å²) in [5, 5.41) is 12.7. The first kappa shape index (κ1) is 15.4. The fourth-order valence-corrected chi connectivity index (χ4v) is 1.50. The van der Waals surface area contributed by atoms with E-state index in [1.165, 1.54) is 0 Å². The highest BCUT2D eigenvalue weighted by atomic mass is 16.3. The Morgan fingerprint density at radius 1 is 1.38 bits per heavy atom. The maximum Gasteiger partial charge on any atom is 0.237 e. The van der Waals surface area contributed by atoms with E-state index in [1.54, 1.807) is 0 Å². The molecule has 0 fully saturated rings. The van der Waals surface area contributed by atoms with Crippen molar-refractivity contribution in [3.05, 3.63) is 0 Å². The zero-order valence-electron chi connectivity index (χ0n) is 10.9. The van der Waals surface area contributed by atoms with Gasteiger partial charge in [0.1, 0.15) is 0 Å². The van der Waals surface area contributed by atoms with Crippen molar-refractivity contribution in [3.63, 3.8) is 0 Å². The molecule has 16 heavy (non-hydrogen) atoms. The molecule has 0 aliphatic heterocycles. The van der Waals surface area contributed by atoms with Gasteiger partial charge in [0.15, 0.2) is 0 Å². The molecule has 0 aliphatic carbocycles. The Morgan fingerprint density at radius 3 is 2.25 bits per heavy atom. The van der Waals surface area contributed by atoms with Crippen LogP contribution in [0.1, 0.15) is 47.0 Å². The molecule has 0 radical (unpaired) electrons. The number of nitrogens with two attached hydrogens (primary N) is 1. The summed E-state index contributed by atoms with van der Waals surface area (Å²) in [5.74, 6) is 0.228. The number of amides is 1. The van der Waals surface area contributed by atoms with E-state index in [2.05, 4.69) is 5.32 Å². The number of carbonyl (C=O) groups excluding carboxylic acids is 1. The van der Waals surface area contributed by atoms with Crippen LogP contribution in [0, 0.1) is 5.92 Å². The minimum absolute atomic E-state index is 0.172. The molecule has 4 N–H and O–H groups in total. The van der Waals surface area contributed by atoms with Gasteiger partial charge in [-0.15, -0.1) is 0 Å². The Labute approximate surface area is 98.6 Å². The molecule has 0 aliphatic rings. The molecule has 1 atom stereocenters. The number of nitrogens with one attached hydrogen (secondary N) is 1. The number of hydrogen-bond donors (Lipinski definition) is 3. The number of hydrogen-bond acceptors (Lipinski definition) is 3. The van der Waals surface area contributed by atoms with Gasteiger partial charge < -0.3 is 16.2 Å². The first-order chi connectivity index (χ1) is 7.34. The fraction of sp³-hybridized carbons (Fsp3) is 0.917. The third-order valence-corrected chi connectivity index (χ3v) is 2.97. The average Bonchev–Trinajstić information content (AvgIpc) is 2.24. The van der Waals surface area contributed by atoms with Gasteiger partial charge in [-0.3, -0.25) is 4.79 Å². The summed E-state index contributed by atoms with van der Waals surface area (Å²) in [7, 11) is 0. The number of carbonyl (C=O) groups is 1. The molecule has 0 rings (SSSR count). The highest BCUT2D eigenvalue weighted by Gasteiger charge is 2.24. The summed E-state index contributed by atoms with van der Waals surface area (Å²) in [5.41, 5.74) is 4.94. The van der Waals surface area contributed by atoms with Crippen LogP contribution in [0.15, 0.2) is 0 Å². The molecule has 0 saturated heterocycles. The van der Waals surface area contributed by atoms with Gasteiger partial charge in [-0.1, -0.05) is 27.7 Å². The Kier molecular flexibility index (Phi) is 6.60. The van der Waals surface area contributed by atoms with Gasteiger partial charge in [0, 0.05) is 6.54 Å². The lowest BCUT2D eigenvalue weighted by molar-refractivity contribution is -0.124. The zero-order valence-corrected chi connectivity index (χ0v) is 10.9. The van der Waals surface area contributed by atoms with E-state index in [1.807, 2.05) is 27.7 Å². The van der Waals surface area contributed by atoms with Gasteiger partial charge in [-0.25, -0.2) is 0 Å². The molecule has 0 saturated carbocycles. The van der Waals surface area contributed by atoms with Gasteiger partial charge in [0.05, 0.1) is 11.6 Å². The van der Waals surface area contributed by atoms with Gasteiger partial charge in [-0.2, -0.15) is 0 Å². The Morgan fingerprint density at radius 2 is 1.88 bits per heavy atom. The second kappa shape index (κ2) is 6.86.